The number of carbonyl (C=O) groups excluding carboxylic acids is 3. The van der Waals surface area contributed by atoms with Gasteiger partial charge in [0, 0.05) is 26.9 Å². The van der Waals surface area contributed by atoms with Gasteiger partial charge in [0.2, 0.25) is 0 Å². The molecule has 1 aromatic rings. The maximum Gasteiger partial charge on any atom is 0.339 e. The van der Waals surface area contributed by atoms with Crippen LogP contribution in [0.25, 0.3) is 0 Å². The van der Waals surface area contributed by atoms with Crippen LogP contribution in [0, 0.1) is 5.92 Å². The first-order valence-corrected chi connectivity index (χ1v) is 9.71. The Hall–Kier alpha value is -2.98. The Bertz CT molecular complexity index is 820. The molecule has 0 spiro atoms. The van der Waals surface area contributed by atoms with Gasteiger partial charge in [0.15, 0.2) is 12.4 Å². The van der Waals surface area contributed by atoms with Crippen molar-refractivity contribution in [2.45, 2.75) is 51.8 Å². The van der Waals surface area contributed by atoms with Crippen molar-refractivity contribution in [1.82, 2.24) is 0 Å². The molecule has 10 heteroatoms. The molecule has 1 aliphatic rings. The third-order valence-corrected chi connectivity index (χ3v) is 4.86. The van der Waals surface area contributed by atoms with E-state index in [4.69, 9.17) is 23.7 Å². The third-order valence-electron chi connectivity index (χ3n) is 4.86. The molecule has 1 saturated heterocycles. The minimum Gasteiger partial charge on any atom is -0.478 e. The number of hydrogen-bond acceptors (Lipinski definition) is 9. The molecular formula is C21H26O10. The number of hydrogen-bond donors (Lipinski definition) is 1. The summed E-state index contributed by atoms with van der Waals surface area (Å²) in [5, 5.41) is 9.26. The van der Waals surface area contributed by atoms with Crippen molar-refractivity contribution in [2.24, 2.45) is 5.92 Å². The summed E-state index contributed by atoms with van der Waals surface area (Å²) in [5.41, 5.74) is -0.289. The van der Waals surface area contributed by atoms with Crippen LogP contribution in [-0.2, 0) is 33.3 Å². The summed E-state index contributed by atoms with van der Waals surface area (Å²) >= 11 is 0. The van der Waals surface area contributed by atoms with E-state index < -0.39 is 54.4 Å². The molecule has 5 atom stereocenters. The van der Waals surface area contributed by atoms with Gasteiger partial charge in [-0.05, 0) is 18.6 Å². The molecule has 2 rings (SSSR count). The normalized spacial score (nSPS) is 25.4. The topological polar surface area (TPSA) is 135 Å². The summed E-state index contributed by atoms with van der Waals surface area (Å²) in [4.78, 5) is 47.1. The fraction of sp³-hybridized carbons (Fsp3) is 0.524. The maximum absolute atomic E-state index is 12.5. The molecule has 1 aliphatic heterocycles. The van der Waals surface area contributed by atoms with Crippen LogP contribution < -0.4 is 0 Å². The summed E-state index contributed by atoms with van der Waals surface area (Å²) < 4.78 is 27.1. The number of carboxylic acid groups (broad SMARTS) is 1. The first-order chi connectivity index (χ1) is 14.7. The summed E-state index contributed by atoms with van der Waals surface area (Å²) in [5.74, 6) is -3.76. The Balaban J connectivity index is 2.23. The number of ether oxygens (including phenoxy) is 5. The fourth-order valence-electron chi connectivity index (χ4n) is 3.55. The molecule has 1 fully saturated rings. The Kier molecular flexibility index (Phi) is 8.52. The zero-order chi connectivity index (χ0) is 23.1. The lowest BCUT2D eigenvalue weighted by Gasteiger charge is -2.44. The van der Waals surface area contributed by atoms with Gasteiger partial charge in [-0.3, -0.25) is 9.59 Å². The van der Waals surface area contributed by atoms with Gasteiger partial charge >= 0.3 is 23.9 Å². The molecule has 0 aromatic heterocycles. The quantitative estimate of drug-likeness (QED) is 0.473. The van der Waals surface area contributed by atoms with Crippen molar-refractivity contribution >= 4 is 23.9 Å². The second kappa shape index (κ2) is 10.9. The average molecular weight is 438 g/mol. The minimum absolute atomic E-state index is 0.100. The van der Waals surface area contributed by atoms with E-state index in [-0.39, 0.29) is 17.7 Å². The Morgan fingerprint density at radius 2 is 1.58 bits per heavy atom. The second-order valence-corrected chi connectivity index (χ2v) is 6.95. The first kappa shape index (κ1) is 24.3. The highest BCUT2D eigenvalue weighted by Gasteiger charge is 2.49. The van der Waals surface area contributed by atoms with Gasteiger partial charge in [-0.25, -0.2) is 9.59 Å². The van der Waals surface area contributed by atoms with Crippen molar-refractivity contribution in [3.8, 4) is 0 Å². The smallest absolute Gasteiger partial charge is 0.339 e. The molecular weight excluding hydrogens is 412 g/mol. The van der Waals surface area contributed by atoms with E-state index in [0.717, 1.165) is 0 Å². The lowest BCUT2D eigenvalue weighted by molar-refractivity contribution is -0.289. The van der Waals surface area contributed by atoms with Crippen molar-refractivity contribution in [3.63, 3.8) is 0 Å². The van der Waals surface area contributed by atoms with E-state index in [9.17, 15) is 24.3 Å². The summed E-state index contributed by atoms with van der Waals surface area (Å²) in [7, 11) is 1.34. The minimum atomic E-state index is -1.26. The zero-order valence-electron chi connectivity index (χ0n) is 17.7. The van der Waals surface area contributed by atoms with Crippen molar-refractivity contribution in [1.29, 1.82) is 0 Å². The number of methoxy groups -OCH3 is 1. The molecule has 0 amide bonds. The first-order valence-electron chi connectivity index (χ1n) is 9.71. The molecule has 10 nitrogen and oxygen atoms in total. The van der Waals surface area contributed by atoms with Gasteiger partial charge in [0.1, 0.15) is 18.8 Å². The van der Waals surface area contributed by atoms with E-state index >= 15 is 0 Å². The Labute approximate surface area is 179 Å². The molecule has 31 heavy (non-hydrogen) atoms. The highest BCUT2D eigenvalue weighted by atomic mass is 16.7. The van der Waals surface area contributed by atoms with Gasteiger partial charge in [-0.15, -0.1) is 0 Å². The van der Waals surface area contributed by atoms with E-state index in [1.54, 1.807) is 0 Å². The van der Waals surface area contributed by atoms with Crippen LogP contribution in [-0.4, -0.2) is 67.3 Å². The number of aromatic carboxylic acids is 1. The van der Waals surface area contributed by atoms with Crippen LogP contribution in [0.5, 0.6) is 0 Å². The number of carbonyl (C=O) groups is 4. The van der Waals surface area contributed by atoms with Crippen LogP contribution in [0.3, 0.4) is 0 Å². The Morgan fingerprint density at radius 3 is 2.10 bits per heavy atom. The van der Waals surface area contributed by atoms with Crippen molar-refractivity contribution in [3.05, 3.63) is 35.4 Å². The van der Waals surface area contributed by atoms with Gasteiger partial charge < -0.3 is 28.8 Å². The zero-order valence-corrected chi connectivity index (χ0v) is 17.7. The summed E-state index contributed by atoms with van der Waals surface area (Å²) in [6, 6.07) is 5.67. The van der Waals surface area contributed by atoms with Crippen LogP contribution in [0.2, 0.25) is 0 Å². The maximum atomic E-state index is 12.5. The Morgan fingerprint density at radius 1 is 1.00 bits per heavy atom. The highest BCUT2D eigenvalue weighted by Crippen LogP contribution is 2.33. The van der Waals surface area contributed by atoms with E-state index in [2.05, 4.69) is 0 Å². The van der Waals surface area contributed by atoms with Gasteiger partial charge in [0.05, 0.1) is 11.1 Å². The monoisotopic (exact) mass is 438 g/mol. The second-order valence-electron chi connectivity index (χ2n) is 6.95. The van der Waals surface area contributed by atoms with Crippen LogP contribution in [0.15, 0.2) is 24.3 Å². The van der Waals surface area contributed by atoms with Crippen LogP contribution in [0.4, 0.5) is 0 Å². The van der Waals surface area contributed by atoms with Crippen molar-refractivity contribution < 1.29 is 48.0 Å². The summed E-state index contributed by atoms with van der Waals surface area (Å²) in [6.45, 7) is 4.01. The molecule has 0 radical (unpaired) electrons. The fourth-order valence-corrected chi connectivity index (χ4v) is 3.55. The standard InChI is InChI=1S/C21H26O10/c1-5-13-16(10-28-20(26)15-9-7-6-8-14(15)19(24)25)31-21(27-4)18(30-12(3)23)17(13)29-11(2)22/h6-9,13,16-18,21H,5,10H2,1-4H3,(H,24,25). The number of benzene rings is 1. The summed E-state index contributed by atoms with van der Waals surface area (Å²) in [6.07, 6.45) is -3.27. The number of carboxylic acids is 1. The lowest BCUT2D eigenvalue weighted by atomic mass is 9.86. The molecule has 170 valence electrons. The van der Waals surface area contributed by atoms with Crippen LogP contribution in [0.1, 0.15) is 47.9 Å². The van der Waals surface area contributed by atoms with E-state index in [1.165, 1.54) is 45.2 Å². The highest BCUT2D eigenvalue weighted by molar-refractivity contribution is 6.02. The van der Waals surface area contributed by atoms with Gasteiger partial charge in [-0.1, -0.05) is 19.1 Å². The van der Waals surface area contributed by atoms with E-state index in [0.29, 0.717) is 6.42 Å². The van der Waals surface area contributed by atoms with Crippen LogP contribution >= 0.6 is 0 Å². The predicted molar refractivity (Wildman–Crippen MR) is 104 cm³/mol. The average Bonchev–Trinajstić information content (AvgIpc) is 2.72. The molecule has 1 aromatic carbocycles. The SMILES string of the molecule is CCC1C(COC(=O)c2ccccc2C(=O)O)OC(OC)C(OC(C)=O)C1OC(C)=O. The largest absolute Gasteiger partial charge is 0.478 e. The lowest BCUT2D eigenvalue weighted by Crippen LogP contribution is -2.58. The third kappa shape index (κ3) is 6.02. The van der Waals surface area contributed by atoms with Gasteiger partial charge in [-0.2, -0.15) is 0 Å². The molecule has 0 aliphatic carbocycles. The molecule has 1 heterocycles. The molecule has 1 N–H and O–H groups in total. The van der Waals surface area contributed by atoms with Gasteiger partial charge in [0.25, 0.3) is 0 Å². The van der Waals surface area contributed by atoms with Crippen molar-refractivity contribution in [2.75, 3.05) is 13.7 Å². The predicted octanol–water partition coefficient (Wildman–Crippen LogP) is 1.80. The molecule has 0 saturated carbocycles. The van der Waals surface area contributed by atoms with E-state index in [1.807, 2.05) is 6.92 Å². The number of rotatable bonds is 8. The molecule has 5 unspecified atom stereocenters. The number of esters is 3. The molecule has 0 bridgehead atoms.